The van der Waals surface area contributed by atoms with Crippen LogP contribution in [0, 0.1) is 10.8 Å². The molecule has 0 aliphatic rings. The van der Waals surface area contributed by atoms with Crippen molar-refractivity contribution in [3.8, 4) is 0 Å². The van der Waals surface area contributed by atoms with Gasteiger partial charge in [-0.2, -0.15) is 0 Å². The Balaban J connectivity index is -0.000000101. The van der Waals surface area contributed by atoms with Crippen LogP contribution in [0.25, 0.3) is 0 Å². The molecule has 0 aliphatic heterocycles. The third-order valence-corrected chi connectivity index (χ3v) is 0. The van der Waals surface area contributed by atoms with Gasteiger partial charge in [0.05, 0.1) is 0 Å². The summed E-state index contributed by atoms with van der Waals surface area (Å²) in [6.45, 7) is 0. The summed E-state index contributed by atoms with van der Waals surface area (Å²) >= 11 is 0. The predicted octanol–water partition coefficient (Wildman–Crippen LogP) is -3.94. The lowest BCUT2D eigenvalue weighted by molar-refractivity contribution is 0.330. The SMILES string of the molecule is N=C(N)N.N=C(N)N.O=[Si](O)O. The third-order valence-electron chi connectivity index (χ3n) is 0. The largest absolute Gasteiger partial charge is 0.761 e. The summed E-state index contributed by atoms with van der Waals surface area (Å²) in [7, 11) is -3.13. The molecule has 0 fully saturated rings. The zero-order valence-electron chi connectivity index (χ0n) is 6.11. The van der Waals surface area contributed by atoms with Crippen molar-refractivity contribution in [1.82, 2.24) is 0 Å². The summed E-state index contributed by atoms with van der Waals surface area (Å²) in [6.07, 6.45) is 0. The topological polar surface area (TPSA) is 209 Å². The number of guanidine groups is 2. The van der Waals surface area contributed by atoms with Crippen LogP contribution < -0.4 is 22.9 Å². The maximum absolute atomic E-state index is 8.74. The van der Waals surface area contributed by atoms with E-state index < -0.39 is 9.17 Å². The lowest BCUT2D eigenvalue weighted by Crippen LogP contribution is -2.20. The summed E-state index contributed by atoms with van der Waals surface area (Å²) in [5.41, 5.74) is 17.9. The van der Waals surface area contributed by atoms with Gasteiger partial charge in [0.1, 0.15) is 0 Å². The van der Waals surface area contributed by atoms with E-state index in [2.05, 4.69) is 22.9 Å². The molecule has 10 heteroatoms. The fourth-order valence-electron chi connectivity index (χ4n) is 0. The van der Waals surface area contributed by atoms with Gasteiger partial charge in [-0.3, -0.25) is 15.3 Å². The van der Waals surface area contributed by atoms with E-state index in [-0.39, 0.29) is 11.9 Å². The summed E-state index contributed by atoms with van der Waals surface area (Å²) in [4.78, 5) is 14.3. The first kappa shape index (κ1) is 16.6. The lowest BCUT2D eigenvalue weighted by Gasteiger charge is -1.69. The second-order valence-electron chi connectivity index (χ2n) is 1.19. The Morgan fingerprint density at radius 2 is 1.00 bits per heavy atom. The minimum atomic E-state index is -3.13. The number of hydrogen-bond donors (Lipinski definition) is 8. The zero-order chi connectivity index (χ0) is 10.7. The molecule has 0 unspecified atom stereocenters. The molecule has 0 aromatic carbocycles. The second-order valence-corrected chi connectivity index (χ2v) is 1.76. The third kappa shape index (κ3) is 123. The highest BCUT2D eigenvalue weighted by molar-refractivity contribution is 6.22. The average molecular weight is 196 g/mol. The van der Waals surface area contributed by atoms with Gasteiger partial charge in [-0.1, -0.05) is 0 Å². The molecule has 0 heterocycles. The van der Waals surface area contributed by atoms with Crippen molar-refractivity contribution < 1.29 is 14.1 Å². The van der Waals surface area contributed by atoms with Crippen LogP contribution in [0.15, 0.2) is 0 Å². The van der Waals surface area contributed by atoms with Crippen molar-refractivity contribution in [3.05, 3.63) is 0 Å². The number of hydrogen-bond acceptors (Lipinski definition) is 3. The molecule has 0 saturated carbocycles. The standard InChI is InChI=1S/2CH5N3.H2O3Si/c2*2-1(3)4;1-4(2)3/h2*(H5,2,3,4);1-2H. The van der Waals surface area contributed by atoms with E-state index in [0.29, 0.717) is 0 Å². The van der Waals surface area contributed by atoms with Gasteiger partial charge in [-0.05, 0) is 0 Å². The molecule has 0 radical (unpaired) electrons. The van der Waals surface area contributed by atoms with Crippen LogP contribution in [0.1, 0.15) is 0 Å². The highest BCUT2D eigenvalue weighted by Crippen LogP contribution is 1.27. The summed E-state index contributed by atoms with van der Waals surface area (Å²) in [5, 5.41) is 12.1. The van der Waals surface area contributed by atoms with Crippen LogP contribution in [0.2, 0.25) is 0 Å². The highest BCUT2D eigenvalue weighted by atomic mass is 28.3. The zero-order valence-corrected chi connectivity index (χ0v) is 7.11. The molecular weight excluding hydrogens is 184 g/mol. The number of nitrogens with two attached hydrogens (primary N) is 4. The summed E-state index contributed by atoms with van der Waals surface area (Å²) in [5.74, 6) is -0.667. The molecular formula is C2H12N6O3Si. The average Bonchev–Trinajstić information content (AvgIpc) is 1.54. The summed E-state index contributed by atoms with van der Waals surface area (Å²) in [6, 6.07) is 0. The van der Waals surface area contributed by atoms with E-state index in [0.717, 1.165) is 0 Å². The van der Waals surface area contributed by atoms with Crippen LogP contribution in [0.3, 0.4) is 0 Å². The molecule has 0 atom stereocenters. The molecule has 12 heavy (non-hydrogen) atoms. The van der Waals surface area contributed by atoms with Crippen LogP contribution in [-0.2, 0) is 4.46 Å². The Hall–Kier alpha value is -1.84. The first-order valence-corrected chi connectivity index (χ1v) is 3.61. The normalized spacial score (nSPS) is 6.00. The van der Waals surface area contributed by atoms with Crippen molar-refractivity contribution in [2.45, 2.75) is 0 Å². The van der Waals surface area contributed by atoms with E-state index in [4.69, 9.17) is 24.9 Å². The van der Waals surface area contributed by atoms with Crippen molar-refractivity contribution in [2.75, 3.05) is 0 Å². The molecule has 0 rings (SSSR count). The van der Waals surface area contributed by atoms with Gasteiger partial charge in [0.2, 0.25) is 0 Å². The molecule has 0 saturated heterocycles. The summed E-state index contributed by atoms with van der Waals surface area (Å²) < 4.78 is 8.74. The predicted molar refractivity (Wildman–Crippen MR) is 43.1 cm³/mol. The quantitative estimate of drug-likeness (QED) is 0.109. The molecule has 0 amide bonds. The van der Waals surface area contributed by atoms with Gasteiger partial charge in [0, 0.05) is 0 Å². The highest BCUT2D eigenvalue weighted by Gasteiger charge is 1.85. The monoisotopic (exact) mass is 196 g/mol. The van der Waals surface area contributed by atoms with Crippen molar-refractivity contribution >= 4 is 21.1 Å². The van der Waals surface area contributed by atoms with E-state index >= 15 is 0 Å². The van der Waals surface area contributed by atoms with Crippen LogP contribution >= 0.6 is 0 Å². The molecule has 0 aliphatic carbocycles. The van der Waals surface area contributed by atoms with Crippen molar-refractivity contribution in [1.29, 1.82) is 10.8 Å². The molecule has 12 N–H and O–H groups in total. The molecule has 0 aromatic rings. The van der Waals surface area contributed by atoms with Crippen molar-refractivity contribution in [3.63, 3.8) is 0 Å². The van der Waals surface area contributed by atoms with Crippen molar-refractivity contribution in [2.24, 2.45) is 22.9 Å². The van der Waals surface area contributed by atoms with E-state index in [9.17, 15) is 0 Å². The van der Waals surface area contributed by atoms with Gasteiger partial charge < -0.3 is 32.5 Å². The van der Waals surface area contributed by atoms with Gasteiger partial charge in [-0.25, -0.2) is 0 Å². The van der Waals surface area contributed by atoms with Gasteiger partial charge >= 0.3 is 9.17 Å². The Labute approximate surface area is 69.9 Å². The maximum Gasteiger partial charge on any atom is 0.761 e. The molecule has 9 nitrogen and oxygen atoms in total. The van der Waals surface area contributed by atoms with E-state index in [1.807, 2.05) is 0 Å². The Morgan fingerprint density at radius 3 is 1.00 bits per heavy atom. The smallest absolute Gasteiger partial charge is 0.511 e. The minimum Gasteiger partial charge on any atom is -0.511 e. The van der Waals surface area contributed by atoms with E-state index in [1.54, 1.807) is 0 Å². The lowest BCUT2D eigenvalue weighted by atomic mass is 11.1. The maximum atomic E-state index is 8.74. The molecule has 72 valence electrons. The first-order chi connectivity index (χ1) is 5.20. The fourth-order valence-corrected chi connectivity index (χ4v) is 0. The van der Waals surface area contributed by atoms with E-state index in [1.165, 1.54) is 0 Å². The second kappa shape index (κ2) is 11.9. The van der Waals surface area contributed by atoms with Gasteiger partial charge in [0.25, 0.3) is 0 Å². The molecule has 0 bridgehead atoms. The Kier molecular flexibility index (Phi) is 16.5. The molecule has 0 spiro atoms. The number of nitrogens with one attached hydrogen (secondary N) is 2. The Bertz CT molecular complexity index is 118. The van der Waals surface area contributed by atoms with Crippen LogP contribution in [0.4, 0.5) is 0 Å². The molecule has 0 aromatic heterocycles. The minimum absolute atomic E-state index is 0.333. The first-order valence-electron chi connectivity index (χ1n) is 2.31. The van der Waals surface area contributed by atoms with Crippen LogP contribution in [-0.4, -0.2) is 30.7 Å². The van der Waals surface area contributed by atoms with Crippen LogP contribution in [0.5, 0.6) is 0 Å². The van der Waals surface area contributed by atoms with Gasteiger partial charge in [-0.15, -0.1) is 0 Å². The fraction of sp³-hybridized carbons (Fsp3) is 0. The Morgan fingerprint density at radius 1 is 1.00 bits per heavy atom. The van der Waals surface area contributed by atoms with Gasteiger partial charge in [0.15, 0.2) is 11.9 Å². The number of rotatable bonds is 0.